The van der Waals surface area contributed by atoms with Gasteiger partial charge in [0.15, 0.2) is 0 Å². The lowest BCUT2D eigenvalue weighted by atomic mass is 10.1. The van der Waals surface area contributed by atoms with E-state index < -0.39 is 16.4 Å². The van der Waals surface area contributed by atoms with Crippen molar-refractivity contribution < 1.29 is 9.72 Å². The van der Waals surface area contributed by atoms with Gasteiger partial charge in [-0.25, -0.2) is 0 Å². The molecule has 6 heteroatoms. The van der Waals surface area contributed by atoms with E-state index in [1.54, 1.807) is 13.8 Å². The van der Waals surface area contributed by atoms with Gasteiger partial charge in [0.25, 0.3) is 11.6 Å². The van der Waals surface area contributed by atoms with Crippen LogP contribution < -0.4 is 5.32 Å². The Balaban J connectivity index is 3.13. The predicted molar refractivity (Wildman–Crippen MR) is 71.2 cm³/mol. The van der Waals surface area contributed by atoms with Crippen LogP contribution in [0.5, 0.6) is 0 Å². The Morgan fingerprint density at radius 3 is 2.67 bits per heavy atom. The van der Waals surface area contributed by atoms with Gasteiger partial charge in [-0.2, -0.15) is 0 Å². The van der Waals surface area contributed by atoms with E-state index in [4.69, 9.17) is 6.42 Å². The van der Waals surface area contributed by atoms with Crippen molar-refractivity contribution in [3.63, 3.8) is 0 Å². The second kappa shape index (κ2) is 5.19. The van der Waals surface area contributed by atoms with Crippen molar-refractivity contribution in [3.05, 3.63) is 38.3 Å². The molecule has 1 aromatic rings. The molecule has 0 saturated heterocycles. The Bertz CT molecular complexity index is 547. The lowest BCUT2D eigenvalue weighted by Crippen LogP contribution is -2.42. The molecule has 1 aromatic carbocycles. The summed E-state index contributed by atoms with van der Waals surface area (Å²) < 4.78 is 0.139. The van der Waals surface area contributed by atoms with Crippen molar-refractivity contribution in [2.75, 3.05) is 0 Å². The van der Waals surface area contributed by atoms with E-state index in [-0.39, 0.29) is 15.7 Å². The molecule has 18 heavy (non-hydrogen) atoms. The van der Waals surface area contributed by atoms with Gasteiger partial charge in [0.05, 0.1) is 16.0 Å². The molecule has 0 saturated carbocycles. The van der Waals surface area contributed by atoms with Gasteiger partial charge in [0, 0.05) is 6.07 Å². The zero-order valence-corrected chi connectivity index (χ0v) is 11.4. The zero-order chi connectivity index (χ0) is 13.9. The van der Waals surface area contributed by atoms with E-state index in [1.807, 2.05) is 0 Å². The monoisotopic (exact) mass is 310 g/mol. The van der Waals surface area contributed by atoms with Crippen LogP contribution in [0.2, 0.25) is 0 Å². The quantitative estimate of drug-likeness (QED) is 0.529. The zero-order valence-electron chi connectivity index (χ0n) is 9.86. The highest BCUT2D eigenvalue weighted by Gasteiger charge is 2.23. The average Bonchev–Trinajstić information content (AvgIpc) is 2.28. The summed E-state index contributed by atoms with van der Waals surface area (Å²) in [5.41, 5.74) is -0.810. The van der Waals surface area contributed by atoms with Crippen LogP contribution in [0, 0.1) is 22.5 Å². The summed E-state index contributed by atoms with van der Waals surface area (Å²) in [6, 6.07) is 4.24. The first-order valence-corrected chi connectivity index (χ1v) is 5.81. The number of carbonyl (C=O) groups is 1. The first-order chi connectivity index (χ1) is 8.28. The number of nitro groups is 1. The van der Waals surface area contributed by atoms with Crippen LogP contribution in [0.4, 0.5) is 5.69 Å². The predicted octanol–water partition coefficient (Wildman–Crippen LogP) is 2.50. The molecule has 0 fully saturated rings. The van der Waals surface area contributed by atoms with E-state index in [2.05, 4.69) is 27.2 Å². The molecule has 0 atom stereocenters. The molecule has 0 spiro atoms. The minimum absolute atomic E-state index is 0.139. The van der Waals surface area contributed by atoms with Crippen LogP contribution in [-0.2, 0) is 0 Å². The van der Waals surface area contributed by atoms with Crippen LogP contribution in [0.1, 0.15) is 24.2 Å². The molecule has 0 aliphatic rings. The molecule has 0 aromatic heterocycles. The molecule has 1 rings (SSSR count). The smallest absolute Gasteiger partial charge is 0.284 e. The highest BCUT2D eigenvalue weighted by Crippen LogP contribution is 2.28. The van der Waals surface area contributed by atoms with E-state index in [9.17, 15) is 14.9 Å². The summed E-state index contributed by atoms with van der Waals surface area (Å²) in [5.74, 6) is 1.95. The summed E-state index contributed by atoms with van der Waals surface area (Å²) in [5, 5.41) is 13.4. The Labute approximate surface area is 113 Å². The number of terminal acetylenes is 1. The molecule has 0 radical (unpaired) electrons. The van der Waals surface area contributed by atoms with Gasteiger partial charge in [-0.3, -0.25) is 14.9 Å². The highest BCUT2D eigenvalue weighted by atomic mass is 79.9. The lowest BCUT2D eigenvalue weighted by molar-refractivity contribution is -0.385. The van der Waals surface area contributed by atoms with Crippen LogP contribution >= 0.6 is 15.9 Å². The molecule has 0 unspecified atom stereocenters. The summed E-state index contributed by atoms with van der Waals surface area (Å²) in [4.78, 5) is 22.1. The van der Waals surface area contributed by atoms with Gasteiger partial charge < -0.3 is 5.32 Å². The van der Waals surface area contributed by atoms with Crippen molar-refractivity contribution >= 4 is 27.5 Å². The molecule has 1 amide bonds. The van der Waals surface area contributed by atoms with E-state index in [0.717, 1.165) is 0 Å². The standard InChI is InChI=1S/C12H11BrN2O3/c1-4-12(2,3)14-11(16)8-6-5-7-9(10(8)13)15(17)18/h1,5-7H,2-3H3,(H,14,16). The normalized spacial score (nSPS) is 10.6. The first-order valence-electron chi connectivity index (χ1n) is 5.01. The third-order valence-electron chi connectivity index (χ3n) is 2.21. The minimum atomic E-state index is -0.818. The summed E-state index contributed by atoms with van der Waals surface area (Å²) in [7, 11) is 0. The summed E-state index contributed by atoms with van der Waals surface area (Å²) >= 11 is 3.06. The number of rotatable bonds is 3. The van der Waals surface area contributed by atoms with Crippen LogP contribution in [0.15, 0.2) is 22.7 Å². The summed E-state index contributed by atoms with van der Waals surface area (Å²) in [6.07, 6.45) is 5.26. The molecule has 0 aliphatic heterocycles. The number of halogens is 1. The van der Waals surface area contributed by atoms with Gasteiger partial charge in [-0.05, 0) is 35.8 Å². The largest absolute Gasteiger partial charge is 0.336 e. The first kappa shape index (κ1) is 14.2. The number of amides is 1. The number of hydrogen-bond acceptors (Lipinski definition) is 3. The number of nitrogens with zero attached hydrogens (tertiary/aromatic N) is 1. The summed E-state index contributed by atoms with van der Waals surface area (Å²) in [6.45, 7) is 3.33. The van der Waals surface area contributed by atoms with Crippen molar-refractivity contribution in [2.24, 2.45) is 0 Å². The SMILES string of the molecule is C#CC(C)(C)NC(=O)c1cccc([N+](=O)[O-])c1Br. The van der Waals surface area contributed by atoms with Crippen molar-refractivity contribution in [2.45, 2.75) is 19.4 Å². The topological polar surface area (TPSA) is 72.2 Å². The Morgan fingerprint density at radius 2 is 2.17 bits per heavy atom. The van der Waals surface area contributed by atoms with Gasteiger partial charge in [0.2, 0.25) is 0 Å². The van der Waals surface area contributed by atoms with Gasteiger partial charge in [-0.1, -0.05) is 12.0 Å². The number of benzene rings is 1. The van der Waals surface area contributed by atoms with E-state index >= 15 is 0 Å². The maximum absolute atomic E-state index is 12.0. The van der Waals surface area contributed by atoms with Gasteiger partial charge in [0.1, 0.15) is 4.47 Å². The third kappa shape index (κ3) is 3.08. The molecule has 5 nitrogen and oxygen atoms in total. The molecule has 0 bridgehead atoms. The molecule has 94 valence electrons. The second-order valence-electron chi connectivity index (χ2n) is 4.12. The fourth-order valence-electron chi connectivity index (χ4n) is 1.22. The minimum Gasteiger partial charge on any atom is -0.336 e. The van der Waals surface area contributed by atoms with Gasteiger partial charge >= 0.3 is 0 Å². The molecule has 1 N–H and O–H groups in total. The third-order valence-corrected chi connectivity index (χ3v) is 3.04. The lowest BCUT2D eigenvalue weighted by Gasteiger charge is -2.19. The Morgan fingerprint density at radius 1 is 1.56 bits per heavy atom. The van der Waals surface area contributed by atoms with Gasteiger partial charge in [-0.15, -0.1) is 6.42 Å². The van der Waals surface area contributed by atoms with Crippen molar-refractivity contribution in [1.29, 1.82) is 0 Å². The number of nitrogens with one attached hydrogen (secondary N) is 1. The van der Waals surface area contributed by atoms with Crippen LogP contribution in [0.25, 0.3) is 0 Å². The number of hydrogen-bond donors (Lipinski definition) is 1. The molecular formula is C12H11BrN2O3. The number of nitro benzene ring substituents is 1. The van der Waals surface area contributed by atoms with Crippen LogP contribution in [0.3, 0.4) is 0 Å². The second-order valence-corrected chi connectivity index (χ2v) is 4.91. The molecular weight excluding hydrogens is 300 g/mol. The average molecular weight is 311 g/mol. The number of carbonyl (C=O) groups excluding carboxylic acids is 1. The maximum atomic E-state index is 12.0. The van der Waals surface area contributed by atoms with E-state index in [0.29, 0.717) is 0 Å². The molecule has 0 aliphatic carbocycles. The Kier molecular flexibility index (Phi) is 4.09. The van der Waals surface area contributed by atoms with Crippen molar-refractivity contribution in [1.82, 2.24) is 5.32 Å². The van der Waals surface area contributed by atoms with Crippen LogP contribution in [-0.4, -0.2) is 16.4 Å². The van der Waals surface area contributed by atoms with Crippen molar-refractivity contribution in [3.8, 4) is 12.3 Å². The fourth-order valence-corrected chi connectivity index (χ4v) is 1.81. The fraction of sp³-hybridized carbons (Fsp3) is 0.250. The Hall–Kier alpha value is -1.87. The van der Waals surface area contributed by atoms with E-state index in [1.165, 1.54) is 18.2 Å². The maximum Gasteiger partial charge on any atom is 0.284 e. The molecule has 0 heterocycles. The highest BCUT2D eigenvalue weighted by molar-refractivity contribution is 9.10.